The van der Waals surface area contributed by atoms with Gasteiger partial charge in [-0.3, -0.25) is 0 Å². The summed E-state index contributed by atoms with van der Waals surface area (Å²) in [5, 5.41) is 0. The first-order chi connectivity index (χ1) is 6.38. The second-order valence-electron chi connectivity index (χ2n) is 4.37. The molecule has 16 heavy (non-hydrogen) atoms. The molecular formula is C11H19BO4. The van der Waals surface area contributed by atoms with E-state index >= 15 is 0 Å². The van der Waals surface area contributed by atoms with Crippen LogP contribution in [0.5, 0.6) is 0 Å². The van der Waals surface area contributed by atoms with Crippen molar-refractivity contribution in [3.63, 3.8) is 0 Å². The van der Waals surface area contributed by atoms with Crippen molar-refractivity contribution < 1.29 is 20.5 Å². The van der Waals surface area contributed by atoms with Gasteiger partial charge in [-0.05, 0) is 32.9 Å². The van der Waals surface area contributed by atoms with E-state index in [2.05, 4.69) is 0 Å². The lowest BCUT2D eigenvalue weighted by molar-refractivity contribution is 0.00696. The number of rotatable bonds is 1. The van der Waals surface area contributed by atoms with E-state index in [-0.39, 0.29) is 16.9 Å². The summed E-state index contributed by atoms with van der Waals surface area (Å²) in [6.45, 7) is 5.58. The van der Waals surface area contributed by atoms with Crippen LogP contribution >= 0.6 is 0 Å². The van der Waals surface area contributed by atoms with Gasteiger partial charge in [0, 0.05) is 0 Å². The quantitative estimate of drug-likeness (QED) is 0.465. The van der Waals surface area contributed by atoms with Gasteiger partial charge in [-0.2, -0.15) is 0 Å². The number of esters is 1. The molecule has 0 fully saturated rings. The van der Waals surface area contributed by atoms with Gasteiger partial charge in [0.05, 0.1) is 5.56 Å². The smallest absolute Gasteiger partial charge is 0.338 e. The van der Waals surface area contributed by atoms with E-state index in [1.54, 1.807) is 12.1 Å². The monoisotopic (exact) mass is 226 g/mol. The number of carbonyl (C=O) groups is 1. The normalized spacial score (nSPS) is 9.69. The maximum Gasteiger partial charge on any atom is 0.338 e. The zero-order chi connectivity index (χ0) is 10.8. The molecule has 0 heterocycles. The summed E-state index contributed by atoms with van der Waals surface area (Å²) in [5.41, 5.74) is 1.31. The van der Waals surface area contributed by atoms with Crippen LogP contribution in [0.2, 0.25) is 0 Å². The van der Waals surface area contributed by atoms with E-state index in [1.165, 1.54) is 0 Å². The van der Waals surface area contributed by atoms with Crippen LogP contribution in [-0.2, 0) is 4.74 Å². The molecule has 0 saturated carbocycles. The van der Waals surface area contributed by atoms with Gasteiger partial charge in [0.25, 0.3) is 0 Å². The van der Waals surface area contributed by atoms with Gasteiger partial charge in [0.1, 0.15) is 13.4 Å². The third-order valence-corrected chi connectivity index (χ3v) is 1.69. The molecule has 0 amide bonds. The summed E-state index contributed by atoms with van der Waals surface area (Å²) in [6.07, 6.45) is 0. The summed E-state index contributed by atoms with van der Waals surface area (Å²) < 4.78 is 5.22. The van der Waals surface area contributed by atoms with Crippen LogP contribution < -0.4 is 5.46 Å². The zero-order valence-electron chi connectivity index (χ0n) is 10.1. The molecular weight excluding hydrogens is 207 g/mol. The van der Waals surface area contributed by atoms with Crippen LogP contribution in [0.3, 0.4) is 0 Å². The Balaban J connectivity index is 0. The van der Waals surface area contributed by atoms with Gasteiger partial charge in [0.15, 0.2) is 0 Å². The van der Waals surface area contributed by atoms with Crippen molar-refractivity contribution in [1.82, 2.24) is 0 Å². The summed E-state index contributed by atoms with van der Waals surface area (Å²) in [6, 6.07) is 7.37. The SMILES string of the molecule is Bc1ccc(C(=O)OC(C)(C)C)cc1.O.O. The highest BCUT2D eigenvalue weighted by Gasteiger charge is 2.17. The van der Waals surface area contributed by atoms with E-state index in [0.29, 0.717) is 5.56 Å². The lowest BCUT2D eigenvalue weighted by atomic mass is 9.95. The average Bonchev–Trinajstić information content (AvgIpc) is 2.02. The molecule has 0 bridgehead atoms. The Bertz CT molecular complexity index is 327. The van der Waals surface area contributed by atoms with Crippen molar-refractivity contribution in [3.05, 3.63) is 29.8 Å². The molecule has 1 aromatic rings. The maximum absolute atomic E-state index is 11.5. The molecule has 90 valence electrons. The van der Waals surface area contributed by atoms with Gasteiger partial charge >= 0.3 is 5.97 Å². The Kier molecular flexibility index (Phi) is 6.73. The van der Waals surface area contributed by atoms with Crippen LogP contribution in [0.15, 0.2) is 24.3 Å². The van der Waals surface area contributed by atoms with Gasteiger partial charge in [0.2, 0.25) is 0 Å². The molecule has 0 atom stereocenters. The molecule has 1 rings (SSSR count). The van der Waals surface area contributed by atoms with Crippen molar-refractivity contribution in [1.29, 1.82) is 0 Å². The summed E-state index contributed by atoms with van der Waals surface area (Å²) in [7, 11) is 1.98. The molecule has 0 saturated heterocycles. The van der Waals surface area contributed by atoms with E-state index in [0.717, 1.165) is 5.46 Å². The highest BCUT2D eigenvalue weighted by Crippen LogP contribution is 2.10. The van der Waals surface area contributed by atoms with Gasteiger partial charge in [-0.25, -0.2) is 4.79 Å². The van der Waals surface area contributed by atoms with E-state index in [4.69, 9.17) is 4.74 Å². The fourth-order valence-electron chi connectivity index (χ4n) is 1.03. The molecule has 0 aliphatic rings. The van der Waals surface area contributed by atoms with Gasteiger partial charge < -0.3 is 15.7 Å². The van der Waals surface area contributed by atoms with Crippen LogP contribution in [0.4, 0.5) is 0 Å². The first kappa shape index (κ1) is 17.1. The molecule has 0 unspecified atom stereocenters. The zero-order valence-corrected chi connectivity index (χ0v) is 10.1. The Morgan fingerprint density at radius 2 is 1.56 bits per heavy atom. The van der Waals surface area contributed by atoms with Crippen LogP contribution in [0.1, 0.15) is 31.1 Å². The fourth-order valence-corrected chi connectivity index (χ4v) is 1.03. The highest BCUT2D eigenvalue weighted by molar-refractivity contribution is 6.32. The molecule has 0 radical (unpaired) electrons. The van der Waals surface area contributed by atoms with E-state index < -0.39 is 5.60 Å². The largest absolute Gasteiger partial charge is 0.456 e. The Labute approximate surface area is 96.6 Å². The Morgan fingerprint density at radius 1 is 1.12 bits per heavy atom. The number of hydrogen-bond donors (Lipinski definition) is 0. The molecule has 0 aliphatic carbocycles. The van der Waals surface area contributed by atoms with Crippen molar-refractivity contribution in [2.24, 2.45) is 0 Å². The minimum atomic E-state index is -0.429. The predicted molar refractivity (Wildman–Crippen MR) is 67.0 cm³/mol. The molecule has 5 heteroatoms. The minimum absolute atomic E-state index is 0. The molecule has 4 N–H and O–H groups in total. The number of ether oxygens (including phenoxy) is 1. The average molecular weight is 226 g/mol. The second-order valence-corrected chi connectivity index (χ2v) is 4.37. The summed E-state index contributed by atoms with van der Waals surface area (Å²) >= 11 is 0. The first-order valence-corrected chi connectivity index (χ1v) is 4.68. The molecule has 0 aromatic heterocycles. The van der Waals surface area contributed by atoms with E-state index in [1.807, 2.05) is 40.8 Å². The second kappa shape index (κ2) is 6.30. The predicted octanol–water partition coefficient (Wildman–Crippen LogP) is -0.749. The minimum Gasteiger partial charge on any atom is -0.456 e. The lowest BCUT2D eigenvalue weighted by Gasteiger charge is -2.19. The molecule has 0 spiro atoms. The molecule has 0 aliphatic heterocycles. The highest BCUT2D eigenvalue weighted by atomic mass is 16.6. The third-order valence-electron chi connectivity index (χ3n) is 1.69. The fraction of sp³-hybridized carbons (Fsp3) is 0.364. The van der Waals surface area contributed by atoms with Crippen molar-refractivity contribution in [2.45, 2.75) is 26.4 Å². The van der Waals surface area contributed by atoms with Crippen LogP contribution in [0.25, 0.3) is 0 Å². The number of benzene rings is 1. The first-order valence-electron chi connectivity index (χ1n) is 4.68. The Hall–Kier alpha value is -1.33. The van der Waals surface area contributed by atoms with Gasteiger partial charge in [-0.15, -0.1) is 0 Å². The summed E-state index contributed by atoms with van der Waals surface area (Å²) in [4.78, 5) is 11.5. The summed E-state index contributed by atoms with van der Waals surface area (Å²) in [5.74, 6) is -0.266. The maximum atomic E-state index is 11.5. The Morgan fingerprint density at radius 3 is 1.94 bits per heavy atom. The van der Waals surface area contributed by atoms with E-state index in [9.17, 15) is 4.79 Å². The van der Waals surface area contributed by atoms with Crippen LogP contribution in [-0.4, -0.2) is 30.4 Å². The topological polar surface area (TPSA) is 89.3 Å². The lowest BCUT2D eigenvalue weighted by Crippen LogP contribution is -2.24. The standard InChI is InChI=1S/C11H15BO2.2H2O/c1-11(2,3)14-10(13)8-4-6-9(12)7-5-8;;/h4-7H,12H2,1-3H3;2*1H2. The van der Waals surface area contributed by atoms with Gasteiger partial charge in [-0.1, -0.05) is 17.6 Å². The van der Waals surface area contributed by atoms with Crippen LogP contribution in [0, 0.1) is 0 Å². The number of hydrogen-bond acceptors (Lipinski definition) is 2. The van der Waals surface area contributed by atoms with Crippen molar-refractivity contribution >= 4 is 19.3 Å². The number of carbonyl (C=O) groups excluding carboxylic acids is 1. The van der Waals surface area contributed by atoms with Crippen molar-refractivity contribution in [3.8, 4) is 0 Å². The third kappa shape index (κ3) is 5.53. The molecule has 4 nitrogen and oxygen atoms in total. The molecule has 1 aromatic carbocycles. The van der Waals surface area contributed by atoms with Crippen molar-refractivity contribution in [2.75, 3.05) is 0 Å².